The van der Waals surface area contributed by atoms with E-state index in [2.05, 4.69) is 13.8 Å². The van der Waals surface area contributed by atoms with Gasteiger partial charge in [0.1, 0.15) is 0 Å². The third-order valence-electron chi connectivity index (χ3n) is 7.84. The quantitative estimate of drug-likeness (QED) is 0.643. The zero-order chi connectivity index (χ0) is 15.8. The summed E-state index contributed by atoms with van der Waals surface area (Å²) in [5, 5.41) is 9.72. The molecule has 4 heteroatoms. The van der Waals surface area contributed by atoms with Crippen LogP contribution in [0.2, 0.25) is 0 Å². The van der Waals surface area contributed by atoms with Crippen LogP contribution >= 0.6 is 0 Å². The maximum atomic E-state index is 12.4. The maximum absolute atomic E-state index is 12.4. The first-order valence-corrected chi connectivity index (χ1v) is 8.86. The lowest BCUT2D eigenvalue weighted by Crippen LogP contribution is -2.47. The third-order valence-corrected chi connectivity index (χ3v) is 7.84. The monoisotopic (exact) mass is 306 g/mol. The smallest absolute Gasteiger partial charge is 0.310 e. The van der Waals surface area contributed by atoms with E-state index < -0.39 is 17.8 Å². The van der Waals surface area contributed by atoms with E-state index in [4.69, 9.17) is 4.74 Å². The molecule has 0 spiro atoms. The van der Waals surface area contributed by atoms with Crippen molar-refractivity contribution in [3.63, 3.8) is 0 Å². The van der Waals surface area contributed by atoms with Gasteiger partial charge in [0.2, 0.25) is 0 Å². The van der Waals surface area contributed by atoms with Crippen molar-refractivity contribution in [1.82, 2.24) is 0 Å². The standard InChI is InChI=1S/C18H26O4/c1-4-22-18(21)16-12-6-11(15(16)17(19)20)13-9-5-10(14(12)13)8(3)7(9)2/h7-16H,4-6H2,1-3H3,(H,19,20). The number of carbonyl (C=O) groups is 2. The summed E-state index contributed by atoms with van der Waals surface area (Å²) in [6.07, 6.45) is 2.19. The van der Waals surface area contributed by atoms with Gasteiger partial charge in [0.05, 0.1) is 18.4 Å². The number of ether oxygens (including phenoxy) is 1. The normalized spacial score (nSPS) is 54.5. The van der Waals surface area contributed by atoms with Gasteiger partial charge in [-0.15, -0.1) is 0 Å². The van der Waals surface area contributed by atoms with Gasteiger partial charge in [-0.2, -0.15) is 0 Å². The van der Waals surface area contributed by atoms with Crippen LogP contribution in [0.4, 0.5) is 0 Å². The summed E-state index contributed by atoms with van der Waals surface area (Å²) >= 11 is 0. The number of carboxylic acid groups (broad SMARTS) is 1. The van der Waals surface area contributed by atoms with Crippen LogP contribution in [-0.4, -0.2) is 23.7 Å². The van der Waals surface area contributed by atoms with E-state index in [1.54, 1.807) is 6.92 Å². The first kappa shape index (κ1) is 14.5. The Morgan fingerprint density at radius 2 is 1.45 bits per heavy atom. The molecule has 4 aliphatic carbocycles. The van der Waals surface area contributed by atoms with E-state index in [0.29, 0.717) is 36.2 Å². The van der Waals surface area contributed by atoms with Crippen LogP contribution in [0.25, 0.3) is 0 Å². The summed E-state index contributed by atoms with van der Waals surface area (Å²) in [6.45, 7) is 6.83. The van der Waals surface area contributed by atoms with E-state index in [0.717, 1.165) is 12.3 Å². The first-order valence-electron chi connectivity index (χ1n) is 8.86. The molecule has 4 nitrogen and oxygen atoms in total. The number of carbonyl (C=O) groups excluding carboxylic acids is 1. The van der Waals surface area contributed by atoms with Gasteiger partial charge >= 0.3 is 11.9 Å². The molecular formula is C18H26O4. The number of carboxylic acids is 1. The minimum absolute atomic E-state index is 0.201. The molecule has 0 aromatic heterocycles. The first-order chi connectivity index (χ1) is 10.5. The number of fused-ring (bicyclic) bond motifs is 9. The van der Waals surface area contributed by atoms with E-state index in [9.17, 15) is 14.7 Å². The Morgan fingerprint density at radius 3 is 1.95 bits per heavy atom. The zero-order valence-electron chi connectivity index (χ0n) is 13.6. The number of aliphatic carboxylic acids is 1. The molecule has 0 radical (unpaired) electrons. The van der Waals surface area contributed by atoms with Gasteiger partial charge in [0.15, 0.2) is 0 Å². The summed E-state index contributed by atoms with van der Waals surface area (Å²) in [7, 11) is 0. The molecule has 4 aliphatic rings. The van der Waals surface area contributed by atoms with Gasteiger partial charge in [0, 0.05) is 0 Å². The molecule has 4 saturated carbocycles. The molecule has 122 valence electrons. The van der Waals surface area contributed by atoms with E-state index in [1.165, 1.54) is 6.42 Å². The van der Waals surface area contributed by atoms with Crippen molar-refractivity contribution in [2.24, 2.45) is 59.2 Å². The topological polar surface area (TPSA) is 63.6 Å². The van der Waals surface area contributed by atoms with Gasteiger partial charge in [-0.1, -0.05) is 13.8 Å². The van der Waals surface area contributed by atoms with Gasteiger partial charge in [-0.25, -0.2) is 0 Å². The highest BCUT2D eigenvalue weighted by molar-refractivity contribution is 5.83. The SMILES string of the molecule is CCOC(=O)C1C2CC(C1C(=O)O)C1C3CC(C(C)C3C)C21. The van der Waals surface area contributed by atoms with Crippen LogP contribution in [0.3, 0.4) is 0 Å². The molecule has 0 aromatic rings. The molecule has 10 unspecified atom stereocenters. The van der Waals surface area contributed by atoms with Crippen molar-refractivity contribution in [3.8, 4) is 0 Å². The molecule has 10 atom stereocenters. The zero-order valence-corrected chi connectivity index (χ0v) is 13.6. The Labute approximate surface area is 131 Å². The Balaban J connectivity index is 1.68. The lowest BCUT2D eigenvalue weighted by atomic mass is 9.59. The van der Waals surface area contributed by atoms with Crippen molar-refractivity contribution >= 4 is 11.9 Å². The average molecular weight is 306 g/mol. The van der Waals surface area contributed by atoms with Gasteiger partial charge in [0.25, 0.3) is 0 Å². The predicted octanol–water partition coefficient (Wildman–Crippen LogP) is 2.67. The number of esters is 1. The second-order valence-electron chi connectivity index (χ2n) is 8.14. The highest BCUT2D eigenvalue weighted by Crippen LogP contribution is 2.72. The van der Waals surface area contributed by atoms with Crippen molar-refractivity contribution < 1.29 is 19.4 Å². The summed E-state index contributed by atoms with van der Waals surface area (Å²) in [5.74, 6) is 2.44. The van der Waals surface area contributed by atoms with Crippen molar-refractivity contribution in [2.45, 2.75) is 33.6 Å². The van der Waals surface area contributed by atoms with Crippen LogP contribution in [0, 0.1) is 59.2 Å². The summed E-state index contributed by atoms with van der Waals surface area (Å²) in [4.78, 5) is 24.2. The van der Waals surface area contributed by atoms with Crippen LogP contribution < -0.4 is 0 Å². The van der Waals surface area contributed by atoms with Crippen LogP contribution in [-0.2, 0) is 14.3 Å². The number of hydrogen-bond donors (Lipinski definition) is 1. The molecule has 0 heterocycles. The van der Waals surface area contributed by atoms with Gasteiger partial charge in [-0.05, 0) is 67.1 Å². The van der Waals surface area contributed by atoms with E-state index in [-0.39, 0.29) is 17.8 Å². The Hall–Kier alpha value is -1.06. The molecule has 4 bridgehead atoms. The second-order valence-corrected chi connectivity index (χ2v) is 8.14. The molecule has 1 N–H and O–H groups in total. The number of hydrogen-bond acceptors (Lipinski definition) is 3. The Kier molecular flexibility index (Phi) is 3.11. The summed E-state index contributed by atoms with van der Waals surface area (Å²) in [6, 6.07) is 0. The molecule has 0 saturated heterocycles. The summed E-state index contributed by atoms with van der Waals surface area (Å²) in [5.41, 5.74) is 0. The molecule has 0 aromatic carbocycles. The van der Waals surface area contributed by atoms with Crippen molar-refractivity contribution in [1.29, 1.82) is 0 Å². The van der Waals surface area contributed by atoms with Crippen molar-refractivity contribution in [3.05, 3.63) is 0 Å². The molecule has 22 heavy (non-hydrogen) atoms. The molecule has 4 fully saturated rings. The molecule has 0 aliphatic heterocycles. The van der Waals surface area contributed by atoms with E-state index >= 15 is 0 Å². The average Bonchev–Trinajstić information content (AvgIpc) is 3.17. The number of rotatable bonds is 3. The van der Waals surface area contributed by atoms with Crippen molar-refractivity contribution in [2.75, 3.05) is 6.61 Å². The fraction of sp³-hybridized carbons (Fsp3) is 0.889. The lowest BCUT2D eigenvalue weighted by molar-refractivity contribution is -0.164. The molecule has 0 amide bonds. The minimum Gasteiger partial charge on any atom is -0.481 e. The minimum atomic E-state index is -0.785. The maximum Gasteiger partial charge on any atom is 0.310 e. The highest BCUT2D eigenvalue weighted by atomic mass is 16.5. The van der Waals surface area contributed by atoms with Gasteiger partial charge < -0.3 is 9.84 Å². The van der Waals surface area contributed by atoms with Crippen LogP contribution in [0.15, 0.2) is 0 Å². The second kappa shape index (κ2) is 4.72. The Morgan fingerprint density at radius 1 is 0.955 bits per heavy atom. The van der Waals surface area contributed by atoms with Crippen LogP contribution in [0.1, 0.15) is 33.6 Å². The molecule has 4 rings (SSSR count). The van der Waals surface area contributed by atoms with E-state index in [1.807, 2.05) is 0 Å². The fourth-order valence-electron chi connectivity index (χ4n) is 7.15. The Bertz CT molecular complexity index is 515. The fourth-order valence-corrected chi connectivity index (χ4v) is 7.15. The largest absolute Gasteiger partial charge is 0.481 e. The van der Waals surface area contributed by atoms with Gasteiger partial charge in [-0.3, -0.25) is 9.59 Å². The predicted molar refractivity (Wildman–Crippen MR) is 79.8 cm³/mol. The summed E-state index contributed by atoms with van der Waals surface area (Å²) < 4.78 is 5.23. The third kappa shape index (κ3) is 1.59. The lowest BCUT2D eigenvalue weighted by Gasteiger charge is -2.44. The molecular weight excluding hydrogens is 280 g/mol. The highest BCUT2D eigenvalue weighted by Gasteiger charge is 2.71. The van der Waals surface area contributed by atoms with Crippen LogP contribution in [0.5, 0.6) is 0 Å².